The van der Waals surface area contributed by atoms with E-state index in [2.05, 4.69) is 0 Å². The second-order valence-corrected chi connectivity index (χ2v) is 10.1. The van der Waals surface area contributed by atoms with Gasteiger partial charge in [0, 0.05) is 30.6 Å². The molecule has 2 aliphatic carbocycles. The van der Waals surface area contributed by atoms with Crippen LogP contribution in [0.3, 0.4) is 0 Å². The summed E-state index contributed by atoms with van der Waals surface area (Å²) in [5, 5.41) is 0. The Morgan fingerprint density at radius 3 is 2.20 bits per heavy atom. The van der Waals surface area contributed by atoms with E-state index in [9.17, 15) is 14.4 Å². The molecule has 2 aliphatic rings. The quantitative estimate of drug-likeness (QED) is 0.715. The number of ether oxygens (including phenoxy) is 1. The molecule has 30 heavy (non-hydrogen) atoms. The van der Waals surface area contributed by atoms with Crippen molar-refractivity contribution in [2.24, 2.45) is 17.1 Å². The van der Waals surface area contributed by atoms with E-state index in [0.717, 1.165) is 38.5 Å². The first-order chi connectivity index (χ1) is 14.0. The molecule has 0 unspecified atom stereocenters. The number of nitrogens with two attached hydrogens (primary N) is 1. The van der Waals surface area contributed by atoms with Gasteiger partial charge in [0.05, 0.1) is 0 Å². The fraction of sp³-hybridized carbons (Fsp3) is 0.625. The zero-order chi connectivity index (χ0) is 22.1. The van der Waals surface area contributed by atoms with Crippen LogP contribution in [0.5, 0.6) is 0 Å². The molecule has 2 saturated carbocycles. The molecule has 6 nitrogen and oxygen atoms in total. The van der Waals surface area contributed by atoms with Crippen LogP contribution >= 0.6 is 0 Å². The zero-order valence-electron chi connectivity index (χ0n) is 18.6. The average molecular weight is 415 g/mol. The molecule has 1 aromatic carbocycles. The fourth-order valence-corrected chi connectivity index (χ4v) is 5.12. The van der Waals surface area contributed by atoms with Crippen molar-refractivity contribution < 1.29 is 19.1 Å². The minimum absolute atomic E-state index is 0.00240. The van der Waals surface area contributed by atoms with Crippen LogP contribution in [0, 0.1) is 11.3 Å². The molecule has 164 valence electrons. The van der Waals surface area contributed by atoms with Crippen molar-refractivity contribution in [3.63, 3.8) is 0 Å². The molecule has 1 aromatic rings. The van der Waals surface area contributed by atoms with Crippen LogP contribution in [0.2, 0.25) is 0 Å². The van der Waals surface area contributed by atoms with Gasteiger partial charge >= 0.3 is 6.09 Å². The van der Waals surface area contributed by atoms with Gasteiger partial charge in [-0.2, -0.15) is 0 Å². The largest absolute Gasteiger partial charge is 0.444 e. The molecule has 2 N–H and O–H groups in total. The van der Waals surface area contributed by atoms with E-state index in [0.29, 0.717) is 28.9 Å². The molecule has 0 atom stereocenters. The number of hydrogen-bond donors (Lipinski definition) is 1. The predicted molar refractivity (Wildman–Crippen MR) is 115 cm³/mol. The van der Waals surface area contributed by atoms with Gasteiger partial charge in [0.1, 0.15) is 5.60 Å². The molecular weight excluding hydrogens is 380 g/mol. The van der Waals surface area contributed by atoms with Crippen molar-refractivity contribution in [1.82, 2.24) is 4.90 Å². The molecule has 3 rings (SSSR count). The zero-order valence-corrected chi connectivity index (χ0v) is 18.6. The standard InChI is InChI=1S/C24H34N2O4/c1-23(2,3)30-22(29)26(4)17-9-11-24(12-10-17)14-16(15-24)13-20(27)18-7-5-6-8-19(18)21(25)28/h5-8,16-17H,9-15H2,1-4H3,(H2,25,28)/t16-,17-,24?. The van der Waals surface area contributed by atoms with Crippen LogP contribution in [0.15, 0.2) is 24.3 Å². The van der Waals surface area contributed by atoms with Crippen LogP contribution < -0.4 is 5.73 Å². The molecule has 0 heterocycles. The van der Waals surface area contributed by atoms with Gasteiger partial charge in [0.25, 0.3) is 0 Å². The van der Waals surface area contributed by atoms with Gasteiger partial charge < -0.3 is 15.4 Å². The van der Waals surface area contributed by atoms with Crippen LogP contribution in [-0.2, 0) is 4.74 Å². The summed E-state index contributed by atoms with van der Waals surface area (Å²) in [7, 11) is 1.83. The van der Waals surface area contributed by atoms with E-state index in [1.165, 1.54) is 0 Å². The lowest BCUT2D eigenvalue weighted by Gasteiger charge is -2.52. The third-order valence-corrected chi connectivity index (χ3v) is 6.66. The monoisotopic (exact) mass is 414 g/mol. The number of amides is 2. The Morgan fingerprint density at radius 2 is 1.67 bits per heavy atom. The third kappa shape index (κ3) is 5.02. The van der Waals surface area contributed by atoms with Crippen molar-refractivity contribution in [3.8, 4) is 0 Å². The highest BCUT2D eigenvalue weighted by Crippen LogP contribution is 2.56. The van der Waals surface area contributed by atoms with E-state index in [1.54, 1.807) is 29.2 Å². The summed E-state index contributed by atoms with van der Waals surface area (Å²) in [6.45, 7) is 5.64. The summed E-state index contributed by atoms with van der Waals surface area (Å²) in [4.78, 5) is 38.4. The maximum atomic E-state index is 12.7. The topological polar surface area (TPSA) is 89.7 Å². The van der Waals surface area contributed by atoms with Crippen LogP contribution in [0.25, 0.3) is 0 Å². The lowest BCUT2D eigenvalue weighted by atomic mass is 9.54. The number of benzene rings is 1. The molecule has 6 heteroatoms. The number of rotatable bonds is 5. The molecule has 2 fully saturated rings. The van der Waals surface area contributed by atoms with Crippen LogP contribution in [-0.4, -0.2) is 41.4 Å². The first-order valence-electron chi connectivity index (χ1n) is 10.9. The van der Waals surface area contributed by atoms with E-state index < -0.39 is 11.5 Å². The van der Waals surface area contributed by atoms with E-state index >= 15 is 0 Å². The number of ketones is 1. The summed E-state index contributed by atoms with van der Waals surface area (Å²) >= 11 is 0. The van der Waals surface area contributed by atoms with Gasteiger partial charge in [0.15, 0.2) is 5.78 Å². The molecule has 0 radical (unpaired) electrons. The summed E-state index contributed by atoms with van der Waals surface area (Å²) < 4.78 is 5.49. The maximum absolute atomic E-state index is 12.7. The van der Waals surface area contributed by atoms with Gasteiger partial charge in [-0.15, -0.1) is 0 Å². The van der Waals surface area contributed by atoms with E-state index in [4.69, 9.17) is 10.5 Å². The molecule has 0 bridgehead atoms. The van der Waals surface area contributed by atoms with Crippen LogP contribution in [0.4, 0.5) is 4.79 Å². The number of hydrogen-bond acceptors (Lipinski definition) is 4. The number of carbonyl (C=O) groups is 3. The summed E-state index contributed by atoms with van der Waals surface area (Å²) in [6, 6.07) is 7.01. The minimum atomic E-state index is -0.559. The Morgan fingerprint density at radius 1 is 1.10 bits per heavy atom. The number of carbonyl (C=O) groups excluding carboxylic acids is 3. The highest BCUT2D eigenvalue weighted by molar-refractivity contribution is 6.07. The van der Waals surface area contributed by atoms with E-state index in [-0.39, 0.29) is 17.9 Å². The smallest absolute Gasteiger partial charge is 0.410 e. The lowest BCUT2D eigenvalue weighted by Crippen LogP contribution is -2.47. The number of primary amides is 1. The Hall–Kier alpha value is -2.37. The number of Topliss-reactive ketones (excluding diaryl/α,β-unsaturated/α-hetero) is 1. The van der Waals surface area contributed by atoms with Crippen molar-refractivity contribution in [3.05, 3.63) is 35.4 Å². The molecule has 2 amide bonds. The van der Waals surface area contributed by atoms with Gasteiger partial charge in [0.2, 0.25) is 5.91 Å². The van der Waals surface area contributed by atoms with E-state index in [1.807, 2.05) is 27.8 Å². The summed E-state index contributed by atoms with van der Waals surface area (Å²) in [6.07, 6.45) is 6.39. The third-order valence-electron chi connectivity index (χ3n) is 6.66. The average Bonchev–Trinajstić information content (AvgIpc) is 2.65. The highest BCUT2D eigenvalue weighted by Gasteiger charge is 2.47. The highest BCUT2D eigenvalue weighted by atomic mass is 16.6. The summed E-state index contributed by atoms with van der Waals surface area (Å²) in [5.41, 5.74) is 5.97. The molecule has 0 aliphatic heterocycles. The van der Waals surface area contributed by atoms with Gasteiger partial charge in [-0.3, -0.25) is 9.59 Å². The SMILES string of the molecule is CN(C(=O)OC(C)(C)C)[C@H]1CCC2(CC1)C[C@H](CC(=O)c1ccccc1C(N)=O)C2. The van der Waals surface area contributed by atoms with Gasteiger partial charge in [-0.1, -0.05) is 18.2 Å². The van der Waals surface area contributed by atoms with Crippen LogP contribution in [0.1, 0.15) is 86.4 Å². The lowest BCUT2D eigenvalue weighted by molar-refractivity contribution is -0.0200. The number of nitrogens with zero attached hydrogens (tertiary/aromatic N) is 1. The Kier molecular flexibility index (Phi) is 6.25. The predicted octanol–water partition coefficient (Wildman–Crippen LogP) is 4.56. The Balaban J connectivity index is 1.49. The first kappa shape index (κ1) is 22.3. The maximum Gasteiger partial charge on any atom is 0.410 e. The summed E-state index contributed by atoms with van der Waals surface area (Å²) in [5.74, 6) is -0.197. The van der Waals surface area contributed by atoms with Crippen molar-refractivity contribution >= 4 is 17.8 Å². The fourth-order valence-electron chi connectivity index (χ4n) is 5.12. The molecule has 1 spiro atoms. The van der Waals surface area contributed by atoms with Crippen molar-refractivity contribution in [1.29, 1.82) is 0 Å². The van der Waals surface area contributed by atoms with Crippen molar-refractivity contribution in [2.45, 2.75) is 77.4 Å². The van der Waals surface area contributed by atoms with Gasteiger partial charge in [-0.25, -0.2) is 4.79 Å². The Bertz CT molecular complexity index is 811. The second kappa shape index (κ2) is 8.40. The minimum Gasteiger partial charge on any atom is -0.444 e. The second-order valence-electron chi connectivity index (χ2n) is 10.1. The Labute approximate surface area is 179 Å². The van der Waals surface area contributed by atoms with Crippen molar-refractivity contribution in [2.75, 3.05) is 7.05 Å². The van der Waals surface area contributed by atoms with Gasteiger partial charge in [-0.05, 0) is 76.7 Å². The molecule has 0 aromatic heterocycles. The molecule has 0 saturated heterocycles. The molecular formula is C24H34N2O4. The first-order valence-corrected chi connectivity index (χ1v) is 10.9. The normalized spacial score (nSPS) is 26.0.